The lowest BCUT2D eigenvalue weighted by Gasteiger charge is -2.18. The SMILES string of the molecule is CC(C)(C)c1ccc(F)c(F)c1.O=C(O)CC(Cc1csc(CCCc2ccc3c(n2)NCCC3)n1)c1ccc(F)c(F)c1. The fourth-order valence-corrected chi connectivity index (χ4v) is 5.84. The van der Waals surface area contributed by atoms with E-state index in [1.54, 1.807) is 17.4 Å². The van der Waals surface area contributed by atoms with Crippen LogP contribution in [0.2, 0.25) is 0 Å². The molecule has 0 radical (unpaired) electrons. The number of aromatic nitrogens is 2. The van der Waals surface area contributed by atoms with Gasteiger partial charge in [-0.25, -0.2) is 27.5 Å². The smallest absolute Gasteiger partial charge is 0.303 e. The first-order valence-electron chi connectivity index (χ1n) is 14.7. The number of nitrogens with one attached hydrogen (secondary N) is 1. The number of halogens is 4. The molecule has 0 aliphatic carbocycles. The Kier molecular flexibility index (Phi) is 11.1. The number of benzene rings is 2. The van der Waals surface area contributed by atoms with Crippen molar-refractivity contribution in [2.24, 2.45) is 0 Å². The second-order valence-corrected chi connectivity index (χ2v) is 12.9. The summed E-state index contributed by atoms with van der Waals surface area (Å²) in [6.45, 7) is 6.85. The normalized spacial score (nSPS) is 13.3. The highest BCUT2D eigenvalue weighted by molar-refractivity contribution is 7.09. The Morgan fingerprint density at radius 3 is 2.34 bits per heavy atom. The molecule has 0 saturated carbocycles. The summed E-state index contributed by atoms with van der Waals surface area (Å²) in [6.07, 6.45) is 5.00. The summed E-state index contributed by atoms with van der Waals surface area (Å²) in [4.78, 5) is 20.7. The molecule has 5 rings (SSSR count). The lowest BCUT2D eigenvalue weighted by molar-refractivity contribution is -0.137. The van der Waals surface area contributed by atoms with Gasteiger partial charge in [0.05, 0.1) is 17.1 Å². The van der Waals surface area contributed by atoms with Crippen LogP contribution in [0.5, 0.6) is 0 Å². The van der Waals surface area contributed by atoms with Crippen molar-refractivity contribution in [1.82, 2.24) is 9.97 Å². The van der Waals surface area contributed by atoms with Crippen molar-refractivity contribution >= 4 is 23.1 Å². The molecular formula is C34H37F4N3O2S. The number of carboxylic acid groups (broad SMARTS) is 1. The Balaban J connectivity index is 0.000000309. The van der Waals surface area contributed by atoms with E-state index in [2.05, 4.69) is 22.4 Å². The minimum atomic E-state index is -0.984. The van der Waals surface area contributed by atoms with Crippen LogP contribution >= 0.6 is 11.3 Å². The van der Waals surface area contributed by atoms with Crippen molar-refractivity contribution < 1.29 is 27.5 Å². The van der Waals surface area contributed by atoms with Gasteiger partial charge in [-0.2, -0.15) is 0 Å². The number of anilines is 1. The molecule has 0 fully saturated rings. The second-order valence-electron chi connectivity index (χ2n) is 12.0. The number of hydrogen-bond acceptors (Lipinski definition) is 5. The maximum Gasteiger partial charge on any atom is 0.303 e. The number of aliphatic carboxylic acids is 1. The molecular weight excluding hydrogens is 590 g/mol. The first kappa shape index (κ1) is 33.1. The van der Waals surface area contributed by atoms with E-state index >= 15 is 0 Å². The van der Waals surface area contributed by atoms with Gasteiger partial charge in [0.15, 0.2) is 23.3 Å². The summed E-state index contributed by atoms with van der Waals surface area (Å²) in [6, 6.07) is 11.8. The summed E-state index contributed by atoms with van der Waals surface area (Å²) in [5.74, 6) is -3.92. The molecule has 2 N–H and O–H groups in total. The maximum atomic E-state index is 13.6. The lowest BCUT2D eigenvalue weighted by Crippen LogP contribution is -2.14. The third-order valence-electron chi connectivity index (χ3n) is 7.45. The Morgan fingerprint density at radius 2 is 1.66 bits per heavy atom. The highest BCUT2D eigenvalue weighted by atomic mass is 32.1. The highest BCUT2D eigenvalue weighted by Gasteiger charge is 2.20. The predicted molar refractivity (Wildman–Crippen MR) is 165 cm³/mol. The number of pyridine rings is 1. The van der Waals surface area contributed by atoms with Crippen molar-refractivity contribution in [3.8, 4) is 0 Å². The van der Waals surface area contributed by atoms with Crippen LogP contribution in [0.3, 0.4) is 0 Å². The van der Waals surface area contributed by atoms with Crippen LogP contribution in [-0.2, 0) is 35.9 Å². The first-order valence-corrected chi connectivity index (χ1v) is 15.5. The Bertz CT molecular complexity index is 1590. The van der Waals surface area contributed by atoms with Gasteiger partial charge in [-0.05, 0) is 96.9 Å². The van der Waals surface area contributed by atoms with E-state index in [0.29, 0.717) is 12.0 Å². The van der Waals surface area contributed by atoms with E-state index < -0.39 is 35.2 Å². The van der Waals surface area contributed by atoms with Gasteiger partial charge in [0.25, 0.3) is 0 Å². The fourth-order valence-electron chi connectivity index (χ4n) is 4.99. The number of carbonyl (C=O) groups is 1. The van der Waals surface area contributed by atoms with Gasteiger partial charge in [0, 0.05) is 17.6 Å². The summed E-state index contributed by atoms with van der Waals surface area (Å²) >= 11 is 1.54. The van der Waals surface area contributed by atoms with Crippen molar-refractivity contribution in [3.05, 3.63) is 110 Å². The molecule has 1 aliphatic rings. The molecule has 0 spiro atoms. The molecule has 44 heavy (non-hydrogen) atoms. The zero-order chi connectivity index (χ0) is 31.9. The molecule has 5 nitrogen and oxygen atoms in total. The molecule has 0 bridgehead atoms. The largest absolute Gasteiger partial charge is 0.481 e. The van der Waals surface area contributed by atoms with Gasteiger partial charge in [0.2, 0.25) is 0 Å². The van der Waals surface area contributed by atoms with Crippen molar-refractivity contribution in [3.63, 3.8) is 0 Å². The first-order chi connectivity index (χ1) is 20.9. The average molecular weight is 628 g/mol. The van der Waals surface area contributed by atoms with E-state index in [-0.39, 0.29) is 11.8 Å². The van der Waals surface area contributed by atoms with E-state index in [4.69, 9.17) is 4.98 Å². The van der Waals surface area contributed by atoms with Crippen molar-refractivity contribution in [2.45, 2.75) is 77.0 Å². The van der Waals surface area contributed by atoms with Gasteiger partial charge in [0.1, 0.15) is 5.82 Å². The maximum absolute atomic E-state index is 13.6. The molecule has 2 aromatic heterocycles. The third kappa shape index (κ3) is 9.35. The van der Waals surface area contributed by atoms with Gasteiger partial charge < -0.3 is 10.4 Å². The van der Waals surface area contributed by atoms with Gasteiger partial charge in [-0.15, -0.1) is 11.3 Å². The number of rotatable bonds is 9. The predicted octanol–water partition coefficient (Wildman–Crippen LogP) is 8.41. The Morgan fingerprint density at radius 1 is 0.932 bits per heavy atom. The zero-order valence-electron chi connectivity index (χ0n) is 25.1. The molecule has 0 saturated heterocycles. The number of aryl methyl sites for hydroxylation is 3. The highest BCUT2D eigenvalue weighted by Crippen LogP contribution is 2.28. The van der Waals surface area contributed by atoms with Crippen LogP contribution in [0.25, 0.3) is 0 Å². The summed E-state index contributed by atoms with van der Waals surface area (Å²) < 4.78 is 52.2. The quantitative estimate of drug-likeness (QED) is 0.182. The molecule has 1 atom stereocenters. The van der Waals surface area contributed by atoms with Crippen molar-refractivity contribution in [1.29, 1.82) is 0 Å². The minimum Gasteiger partial charge on any atom is -0.481 e. The fraction of sp³-hybridized carbons (Fsp3) is 0.382. The minimum absolute atomic E-state index is 0.130. The molecule has 234 valence electrons. The van der Waals surface area contributed by atoms with E-state index in [9.17, 15) is 27.5 Å². The van der Waals surface area contributed by atoms with Crippen molar-refractivity contribution in [2.75, 3.05) is 11.9 Å². The molecule has 0 amide bonds. The van der Waals surface area contributed by atoms with Crippen LogP contribution in [0.1, 0.15) is 79.0 Å². The summed E-state index contributed by atoms with van der Waals surface area (Å²) in [5.41, 5.74) is 4.26. The lowest BCUT2D eigenvalue weighted by atomic mass is 9.87. The van der Waals surface area contributed by atoms with Gasteiger partial charge in [-0.3, -0.25) is 4.79 Å². The van der Waals surface area contributed by atoms with E-state index in [1.165, 1.54) is 17.7 Å². The number of thiazole rings is 1. The Labute approximate surface area is 259 Å². The molecule has 1 unspecified atom stereocenters. The van der Waals surface area contributed by atoms with E-state index in [1.807, 2.05) is 26.2 Å². The van der Waals surface area contributed by atoms with Crippen LogP contribution in [0, 0.1) is 23.3 Å². The van der Waals surface area contributed by atoms with E-state index in [0.717, 1.165) is 84.6 Å². The average Bonchev–Trinajstić information content (AvgIpc) is 3.42. The molecule has 2 aromatic carbocycles. The summed E-state index contributed by atoms with van der Waals surface area (Å²) in [7, 11) is 0. The Hall–Kier alpha value is -3.79. The molecule has 1 aliphatic heterocycles. The monoisotopic (exact) mass is 627 g/mol. The van der Waals surface area contributed by atoms with Gasteiger partial charge in [-0.1, -0.05) is 39.0 Å². The van der Waals surface area contributed by atoms with Gasteiger partial charge >= 0.3 is 5.97 Å². The zero-order valence-corrected chi connectivity index (χ0v) is 25.9. The third-order valence-corrected chi connectivity index (χ3v) is 8.41. The number of nitrogens with zero attached hydrogens (tertiary/aromatic N) is 2. The number of carboxylic acids is 1. The second kappa shape index (κ2) is 14.8. The summed E-state index contributed by atoms with van der Waals surface area (Å²) in [5, 5.41) is 15.5. The standard InChI is InChI=1S/C24H25F2N3O2S.C10H12F2/c25-20-9-7-16(12-21(20)26)17(13-23(30)31)11-19-14-32-22(28-19)5-1-4-18-8-6-15-3-2-10-27-24(15)29-18;1-10(2,3)7-4-5-8(11)9(12)6-7/h6-9,12,14,17H,1-5,10-11,13H2,(H,27,29)(H,30,31);4-6H,1-3H3. The number of hydrogen-bond donors (Lipinski definition) is 2. The molecule has 3 heterocycles. The van der Waals surface area contributed by atoms with Crippen LogP contribution in [-0.4, -0.2) is 27.6 Å². The molecule has 4 aromatic rings. The molecule has 10 heteroatoms. The topological polar surface area (TPSA) is 75.1 Å². The van der Waals surface area contributed by atoms with Crippen LogP contribution < -0.4 is 5.32 Å². The number of fused-ring (bicyclic) bond motifs is 1. The van der Waals surface area contributed by atoms with Crippen LogP contribution in [0.15, 0.2) is 53.9 Å². The van der Waals surface area contributed by atoms with Crippen LogP contribution in [0.4, 0.5) is 23.4 Å².